The normalized spacial score (nSPS) is 20.1. The van der Waals surface area contributed by atoms with Crippen LogP contribution in [0.15, 0.2) is 29.2 Å². The molecule has 2 aliphatic rings. The van der Waals surface area contributed by atoms with E-state index in [2.05, 4.69) is 0 Å². The van der Waals surface area contributed by atoms with Crippen LogP contribution in [-0.2, 0) is 19.6 Å². The van der Waals surface area contributed by atoms with Crippen LogP contribution in [0.3, 0.4) is 0 Å². The lowest BCUT2D eigenvalue weighted by Gasteiger charge is -2.39. The van der Waals surface area contributed by atoms with Gasteiger partial charge in [0, 0.05) is 44.2 Å². The minimum absolute atomic E-state index is 0.00257. The van der Waals surface area contributed by atoms with Crippen LogP contribution in [0.2, 0.25) is 5.02 Å². The molecule has 3 rings (SSSR count). The van der Waals surface area contributed by atoms with Gasteiger partial charge in [-0.25, -0.2) is 8.42 Å². The first-order valence-electron chi connectivity index (χ1n) is 9.56. The molecule has 2 heterocycles. The van der Waals surface area contributed by atoms with Crippen LogP contribution < -0.4 is 0 Å². The van der Waals surface area contributed by atoms with Gasteiger partial charge in [-0.2, -0.15) is 4.31 Å². The number of halogens is 1. The predicted molar refractivity (Wildman–Crippen MR) is 106 cm³/mol. The molecule has 2 aliphatic heterocycles. The molecular weight excluding hydrogens is 402 g/mol. The molecule has 0 radical (unpaired) electrons. The Morgan fingerprint density at radius 1 is 1.11 bits per heavy atom. The maximum atomic E-state index is 13.1. The molecule has 1 aromatic rings. The number of hydrogen-bond acceptors (Lipinski definition) is 4. The van der Waals surface area contributed by atoms with Crippen LogP contribution in [0.1, 0.15) is 26.7 Å². The average Bonchev–Trinajstić information content (AvgIpc) is 3.07. The highest BCUT2D eigenvalue weighted by atomic mass is 35.5. The van der Waals surface area contributed by atoms with Crippen molar-refractivity contribution >= 4 is 33.4 Å². The van der Waals surface area contributed by atoms with Crippen LogP contribution in [0, 0.1) is 5.92 Å². The van der Waals surface area contributed by atoms with Gasteiger partial charge in [-0.1, -0.05) is 31.5 Å². The van der Waals surface area contributed by atoms with E-state index in [4.69, 9.17) is 11.6 Å². The highest BCUT2D eigenvalue weighted by Crippen LogP contribution is 2.24. The fourth-order valence-corrected chi connectivity index (χ4v) is 5.58. The van der Waals surface area contributed by atoms with E-state index in [1.54, 1.807) is 21.9 Å². The predicted octanol–water partition coefficient (Wildman–Crippen LogP) is 1.82. The van der Waals surface area contributed by atoms with Gasteiger partial charge >= 0.3 is 0 Å². The van der Waals surface area contributed by atoms with Crippen molar-refractivity contribution in [3.8, 4) is 0 Å². The van der Waals surface area contributed by atoms with E-state index in [1.165, 1.54) is 16.4 Å². The van der Waals surface area contributed by atoms with Crippen LogP contribution in [0.5, 0.6) is 0 Å². The van der Waals surface area contributed by atoms with Gasteiger partial charge in [0.15, 0.2) is 0 Å². The lowest BCUT2D eigenvalue weighted by Crippen LogP contribution is -2.57. The van der Waals surface area contributed by atoms with Crippen LogP contribution in [0.4, 0.5) is 0 Å². The summed E-state index contributed by atoms with van der Waals surface area (Å²) < 4.78 is 27.0. The number of likely N-dealkylation sites (tertiary alicyclic amines) is 1. The second-order valence-electron chi connectivity index (χ2n) is 7.57. The Bertz CT molecular complexity index is 850. The van der Waals surface area contributed by atoms with Gasteiger partial charge < -0.3 is 9.80 Å². The molecule has 1 aromatic carbocycles. The number of piperazine rings is 1. The Morgan fingerprint density at radius 2 is 1.79 bits per heavy atom. The second kappa shape index (κ2) is 8.39. The summed E-state index contributed by atoms with van der Waals surface area (Å²) in [6, 6.07) is 5.71. The first kappa shape index (κ1) is 21.1. The van der Waals surface area contributed by atoms with Gasteiger partial charge in [-0.05, 0) is 30.5 Å². The molecule has 0 N–H and O–H groups in total. The number of hydrogen-bond donors (Lipinski definition) is 0. The van der Waals surface area contributed by atoms with Crippen molar-refractivity contribution in [2.24, 2.45) is 5.92 Å². The largest absolute Gasteiger partial charge is 0.338 e. The summed E-state index contributed by atoms with van der Waals surface area (Å²) >= 11 is 5.92. The summed E-state index contributed by atoms with van der Waals surface area (Å²) in [4.78, 5) is 28.7. The zero-order chi connectivity index (χ0) is 20.5. The Balaban J connectivity index is 1.69. The average molecular weight is 428 g/mol. The number of benzene rings is 1. The number of carbonyl (C=O) groups is 2. The van der Waals surface area contributed by atoms with E-state index in [9.17, 15) is 18.0 Å². The van der Waals surface area contributed by atoms with Crippen molar-refractivity contribution in [1.82, 2.24) is 14.1 Å². The van der Waals surface area contributed by atoms with E-state index in [1.807, 2.05) is 13.8 Å². The van der Waals surface area contributed by atoms with E-state index >= 15 is 0 Å². The van der Waals surface area contributed by atoms with Gasteiger partial charge in [-0.15, -0.1) is 0 Å². The molecule has 0 aliphatic carbocycles. The minimum atomic E-state index is -3.65. The molecule has 2 amide bonds. The number of carbonyl (C=O) groups excluding carboxylic acids is 2. The number of nitrogens with zero attached hydrogens (tertiary/aromatic N) is 3. The van der Waals surface area contributed by atoms with Gasteiger partial charge in [0.05, 0.1) is 4.90 Å². The Morgan fingerprint density at radius 3 is 2.32 bits per heavy atom. The van der Waals surface area contributed by atoms with Crippen molar-refractivity contribution in [3.05, 3.63) is 29.3 Å². The summed E-state index contributed by atoms with van der Waals surface area (Å²) in [5.74, 6) is -0.0675. The molecule has 0 spiro atoms. The molecule has 9 heteroatoms. The molecule has 154 valence electrons. The van der Waals surface area contributed by atoms with Crippen molar-refractivity contribution in [2.75, 3.05) is 32.7 Å². The number of amides is 2. The van der Waals surface area contributed by atoms with Crippen molar-refractivity contribution < 1.29 is 18.0 Å². The van der Waals surface area contributed by atoms with Crippen molar-refractivity contribution in [3.63, 3.8) is 0 Å². The van der Waals surface area contributed by atoms with E-state index in [0.29, 0.717) is 31.1 Å². The first-order chi connectivity index (χ1) is 13.2. The van der Waals surface area contributed by atoms with E-state index < -0.39 is 16.1 Å². The zero-order valence-electron chi connectivity index (χ0n) is 16.2. The monoisotopic (exact) mass is 427 g/mol. The highest BCUT2D eigenvalue weighted by molar-refractivity contribution is 7.89. The molecule has 1 atom stereocenters. The van der Waals surface area contributed by atoms with Crippen LogP contribution >= 0.6 is 11.6 Å². The molecule has 0 saturated carbocycles. The van der Waals surface area contributed by atoms with Crippen molar-refractivity contribution in [2.45, 2.75) is 37.6 Å². The first-order valence-corrected chi connectivity index (χ1v) is 11.4. The van der Waals surface area contributed by atoms with Gasteiger partial charge in [0.1, 0.15) is 6.04 Å². The Kier molecular flexibility index (Phi) is 6.31. The molecule has 2 saturated heterocycles. The quantitative estimate of drug-likeness (QED) is 0.718. The van der Waals surface area contributed by atoms with Gasteiger partial charge in [-0.3, -0.25) is 9.59 Å². The van der Waals surface area contributed by atoms with E-state index in [-0.39, 0.29) is 35.7 Å². The molecule has 0 bridgehead atoms. The summed E-state index contributed by atoms with van der Waals surface area (Å²) in [7, 11) is -3.65. The maximum absolute atomic E-state index is 13.1. The molecule has 0 aromatic heterocycles. The minimum Gasteiger partial charge on any atom is -0.338 e. The topological polar surface area (TPSA) is 78.0 Å². The number of sulfonamides is 1. The lowest BCUT2D eigenvalue weighted by atomic mass is 10.0. The third kappa shape index (κ3) is 4.18. The van der Waals surface area contributed by atoms with Gasteiger partial charge in [0.2, 0.25) is 21.8 Å². The van der Waals surface area contributed by atoms with Gasteiger partial charge in [0.25, 0.3) is 0 Å². The molecule has 28 heavy (non-hydrogen) atoms. The fourth-order valence-electron chi connectivity index (χ4n) is 3.85. The Labute approximate surface area is 171 Å². The van der Waals surface area contributed by atoms with Crippen LogP contribution in [-0.4, -0.2) is 73.1 Å². The Hall–Kier alpha value is -1.64. The second-order valence-corrected chi connectivity index (χ2v) is 9.94. The van der Waals surface area contributed by atoms with E-state index in [0.717, 1.165) is 6.42 Å². The van der Waals surface area contributed by atoms with Crippen LogP contribution in [0.25, 0.3) is 0 Å². The summed E-state index contributed by atoms with van der Waals surface area (Å²) in [6.07, 6.45) is 1.27. The zero-order valence-corrected chi connectivity index (χ0v) is 17.7. The molecule has 7 nitrogen and oxygen atoms in total. The maximum Gasteiger partial charge on any atom is 0.245 e. The standard InChI is InChI=1S/C19H26ClN3O4S/c1-14(2)18(23-8-4-7-17(23)24)19(25)21-9-11-22(12-10-21)28(26,27)16-6-3-5-15(20)13-16/h3,5-6,13-14,18H,4,7-12H2,1-2H3. The lowest BCUT2D eigenvalue weighted by molar-refractivity contribution is -0.146. The third-order valence-electron chi connectivity index (χ3n) is 5.31. The number of rotatable bonds is 5. The fraction of sp³-hybridized carbons (Fsp3) is 0.579. The smallest absolute Gasteiger partial charge is 0.245 e. The summed E-state index contributed by atoms with van der Waals surface area (Å²) in [5, 5.41) is 0.366. The molecule has 1 unspecified atom stereocenters. The SMILES string of the molecule is CC(C)C(C(=O)N1CCN(S(=O)(=O)c2cccc(Cl)c2)CC1)N1CCCC1=O. The van der Waals surface area contributed by atoms with Crippen molar-refractivity contribution in [1.29, 1.82) is 0 Å². The third-order valence-corrected chi connectivity index (χ3v) is 7.44. The molecular formula is C19H26ClN3O4S. The summed E-state index contributed by atoms with van der Waals surface area (Å²) in [5.41, 5.74) is 0. The molecule has 2 fully saturated rings. The highest BCUT2D eigenvalue weighted by Gasteiger charge is 2.39. The summed E-state index contributed by atoms with van der Waals surface area (Å²) in [6.45, 7) is 5.55.